The summed E-state index contributed by atoms with van der Waals surface area (Å²) in [5.74, 6) is 0.674. The SMILES string of the molecule is COc1ccc(N2CCC(NC(=O)NCc3ccnc(OCC(F)(F)F)c3)CC2)cc1. The van der Waals surface area contributed by atoms with Gasteiger partial charge >= 0.3 is 12.2 Å². The van der Waals surface area contributed by atoms with E-state index in [1.165, 1.54) is 12.3 Å². The Morgan fingerprint density at radius 3 is 2.55 bits per heavy atom. The van der Waals surface area contributed by atoms with Crippen LogP contribution in [0, 0.1) is 0 Å². The average Bonchev–Trinajstić information content (AvgIpc) is 2.77. The molecule has 1 aromatic carbocycles. The van der Waals surface area contributed by atoms with Gasteiger partial charge in [-0.05, 0) is 48.7 Å². The molecule has 31 heavy (non-hydrogen) atoms. The van der Waals surface area contributed by atoms with Gasteiger partial charge in [0, 0.05) is 43.6 Å². The zero-order valence-electron chi connectivity index (χ0n) is 17.1. The first-order valence-corrected chi connectivity index (χ1v) is 9.90. The number of amides is 2. The highest BCUT2D eigenvalue weighted by Gasteiger charge is 2.28. The van der Waals surface area contributed by atoms with Crippen molar-refractivity contribution in [2.75, 3.05) is 31.7 Å². The van der Waals surface area contributed by atoms with Gasteiger partial charge in [0.1, 0.15) is 5.75 Å². The lowest BCUT2D eigenvalue weighted by atomic mass is 10.0. The maximum absolute atomic E-state index is 12.2. The van der Waals surface area contributed by atoms with Gasteiger partial charge in [-0.1, -0.05) is 0 Å². The van der Waals surface area contributed by atoms with E-state index < -0.39 is 12.8 Å². The average molecular weight is 438 g/mol. The number of pyridine rings is 1. The molecule has 0 saturated carbocycles. The molecule has 1 aliphatic heterocycles. The minimum Gasteiger partial charge on any atom is -0.497 e. The number of halogens is 3. The van der Waals surface area contributed by atoms with Crippen LogP contribution in [0.25, 0.3) is 0 Å². The lowest BCUT2D eigenvalue weighted by Gasteiger charge is -2.34. The molecule has 0 atom stereocenters. The molecular weight excluding hydrogens is 413 g/mol. The van der Waals surface area contributed by atoms with E-state index in [2.05, 4.69) is 25.3 Å². The second kappa shape index (κ2) is 10.2. The van der Waals surface area contributed by atoms with Gasteiger partial charge in [0.05, 0.1) is 7.11 Å². The predicted octanol–water partition coefficient (Wildman–Crippen LogP) is 3.50. The van der Waals surface area contributed by atoms with Crippen LogP contribution in [-0.2, 0) is 6.54 Å². The number of benzene rings is 1. The molecule has 0 bridgehead atoms. The van der Waals surface area contributed by atoms with Crippen molar-refractivity contribution in [3.8, 4) is 11.6 Å². The fourth-order valence-electron chi connectivity index (χ4n) is 3.29. The topological polar surface area (TPSA) is 75.7 Å². The van der Waals surface area contributed by atoms with Crippen molar-refractivity contribution < 1.29 is 27.4 Å². The second-order valence-corrected chi connectivity index (χ2v) is 7.19. The Hall–Kier alpha value is -3.17. The molecule has 2 aromatic rings. The molecule has 0 unspecified atom stereocenters. The number of hydrogen-bond donors (Lipinski definition) is 2. The number of methoxy groups -OCH3 is 1. The Balaban J connectivity index is 1.40. The Kier molecular flexibility index (Phi) is 7.43. The molecule has 10 heteroatoms. The summed E-state index contributed by atoms with van der Waals surface area (Å²) in [4.78, 5) is 18.2. The molecule has 0 radical (unpaired) electrons. The van der Waals surface area contributed by atoms with Crippen LogP contribution < -0.4 is 25.0 Å². The summed E-state index contributed by atoms with van der Waals surface area (Å²) in [5, 5.41) is 5.66. The van der Waals surface area contributed by atoms with Crippen molar-refractivity contribution in [3.63, 3.8) is 0 Å². The number of nitrogens with zero attached hydrogens (tertiary/aromatic N) is 2. The number of urea groups is 1. The Bertz CT molecular complexity index is 854. The van der Waals surface area contributed by atoms with Gasteiger partial charge in [-0.25, -0.2) is 9.78 Å². The van der Waals surface area contributed by atoms with E-state index in [-0.39, 0.29) is 24.5 Å². The lowest BCUT2D eigenvalue weighted by molar-refractivity contribution is -0.154. The van der Waals surface area contributed by atoms with Gasteiger partial charge in [-0.15, -0.1) is 0 Å². The minimum atomic E-state index is -4.43. The van der Waals surface area contributed by atoms with Crippen LogP contribution in [0.3, 0.4) is 0 Å². The van der Waals surface area contributed by atoms with Gasteiger partial charge in [0.15, 0.2) is 6.61 Å². The zero-order chi connectivity index (χ0) is 22.3. The van der Waals surface area contributed by atoms with Crippen molar-refractivity contribution in [2.24, 2.45) is 0 Å². The monoisotopic (exact) mass is 438 g/mol. The number of carbonyl (C=O) groups is 1. The molecular formula is C21H25F3N4O3. The first-order chi connectivity index (χ1) is 14.8. The van der Waals surface area contributed by atoms with E-state index in [9.17, 15) is 18.0 Å². The highest BCUT2D eigenvalue weighted by molar-refractivity contribution is 5.74. The van der Waals surface area contributed by atoms with E-state index >= 15 is 0 Å². The highest BCUT2D eigenvalue weighted by Crippen LogP contribution is 2.23. The lowest BCUT2D eigenvalue weighted by Crippen LogP contribution is -2.47. The van der Waals surface area contributed by atoms with Gasteiger partial charge < -0.3 is 25.0 Å². The van der Waals surface area contributed by atoms with E-state index in [0.717, 1.165) is 37.4 Å². The summed E-state index contributed by atoms with van der Waals surface area (Å²) in [6, 6.07) is 10.6. The van der Waals surface area contributed by atoms with Crippen molar-refractivity contribution in [3.05, 3.63) is 48.2 Å². The van der Waals surface area contributed by atoms with Crippen LogP contribution in [0.15, 0.2) is 42.6 Å². The Morgan fingerprint density at radius 1 is 1.19 bits per heavy atom. The summed E-state index contributed by atoms with van der Waals surface area (Å²) in [5.41, 5.74) is 1.71. The summed E-state index contributed by atoms with van der Waals surface area (Å²) < 4.78 is 46.5. The molecule has 2 amide bonds. The molecule has 2 heterocycles. The first-order valence-electron chi connectivity index (χ1n) is 9.90. The molecule has 1 aliphatic rings. The molecule has 1 aromatic heterocycles. The van der Waals surface area contributed by atoms with E-state index in [1.807, 2.05) is 24.3 Å². The number of anilines is 1. The van der Waals surface area contributed by atoms with Crippen LogP contribution >= 0.6 is 0 Å². The number of ether oxygens (including phenoxy) is 2. The van der Waals surface area contributed by atoms with Crippen LogP contribution in [-0.4, -0.2) is 50.0 Å². The molecule has 0 aliphatic carbocycles. The third-order valence-corrected chi connectivity index (χ3v) is 4.90. The van der Waals surface area contributed by atoms with Gasteiger partial charge in [-0.3, -0.25) is 0 Å². The van der Waals surface area contributed by atoms with Gasteiger partial charge in [0.2, 0.25) is 5.88 Å². The van der Waals surface area contributed by atoms with Gasteiger partial charge in [-0.2, -0.15) is 13.2 Å². The normalized spacial score (nSPS) is 14.8. The number of piperidine rings is 1. The maximum Gasteiger partial charge on any atom is 0.422 e. The molecule has 1 fully saturated rings. The molecule has 0 spiro atoms. The van der Waals surface area contributed by atoms with Crippen LogP contribution in [0.1, 0.15) is 18.4 Å². The van der Waals surface area contributed by atoms with Crippen molar-refractivity contribution in [1.82, 2.24) is 15.6 Å². The Morgan fingerprint density at radius 2 is 1.90 bits per heavy atom. The van der Waals surface area contributed by atoms with E-state index in [1.54, 1.807) is 13.2 Å². The molecule has 7 nitrogen and oxygen atoms in total. The summed E-state index contributed by atoms with van der Waals surface area (Å²) >= 11 is 0. The Labute approximate surface area is 178 Å². The second-order valence-electron chi connectivity index (χ2n) is 7.19. The number of rotatable bonds is 7. The zero-order valence-corrected chi connectivity index (χ0v) is 17.1. The van der Waals surface area contributed by atoms with Crippen molar-refractivity contribution in [1.29, 1.82) is 0 Å². The third-order valence-electron chi connectivity index (χ3n) is 4.90. The predicted molar refractivity (Wildman–Crippen MR) is 109 cm³/mol. The fraction of sp³-hybridized carbons (Fsp3) is 0.429. The number of alkyl halides is 3. The molecule has 168 valence electrons. The number of hydrogen-bond acceptors (Lipinski definition) is 5. The standard InChI is InChI=1S/C21H25F3N4O3/c1-30-18-4-2-17(3-5-18)28-10-7-16(8-11-28)27-20(29)26-13-15-6-9-25-19(12-15)31-14-21(22,23)24/h2-6,9,12,16H,7-8,10-11,13-14H2,1H3,(H2,26,27,29). The molecule has 3 rings (SSSR count). The van der Waals surface area contributed by atoms with E-state index in [0.29, 0.717) is 5.56 Å². The van der Waals surface area contributed by atoms with Crippen molar-refractivity contribution in [2.45, 2.75) is 31.6 Å². The fourth-order valence-corrected chi connectivity index (χ4v) is 3.29. The molecule has 1 saturated heterocycles. The van der Waals surface area contributed by atoms with E-state index in [4.69, 9.17) is 4.74 Å². The number of carbonyl (C=O) groups excluding carboxylic acids is 1. The summed E-state index contributed by atoms with van der Waals surface area (Å²) in [6.45, 7) is 0.386. The van der Waals surface area contributed by atoms with Crippen LogP contribution in [0.4, 0.5) is 23.7 Å². The van der Waals surface area contributed by atoms with Gasteiger partial charge in [0.25, 0.3) is 0 Å². The largest absolute Gasteiger partial charge is 0.497 e. The summed E-state index contributed by atoms with van der Waals surface area (Å²) in [7, 11) is 1.63. The van der Waals surface area contributed by atoms with Crippen LogP contribution in [0.2, 0.25) is 0 Å². The van der Waals surface area contributed by atoms with Crippen LogP contribution in [0.5, 0.6) is 11.6 Å². The number of aromatic nitrogens is 1. The number of nitrogens with one attached hydrogen (secondary N) is 2. The third kappa shape index (κ3) is 7.23. The maximum atomic E-state index is 12.2. The summed E-state index contributed by atoms with van der Waals surface area (Å²) in [6.07, 6.45) is -1.47. The quantitative estimate of drug-likeness (QED) is 0.692. The highest BCUT2D eigenvalue weighted by atomic mass is 19.4. The first kappa shape index (κ1) is 22.5. The minimum absolute atomic E-state index is 0.0534. The molecule has 2 N–H and O–H groups in total. The van der Waals surface area contributed by atoms with Crippen molar-refractivity contribution >= 4 is 11.7 Å². The smallest absolute Gasteiger partial charge is 0.422 e.